The van der Waals surface area contributed by atoms with E-state index in [9.17, 15) is 15.0 Å². The second-order valence-electron chi connectivity index (χ2n) is 27.5. The molecule has 0 fully saturated rings. The van der Waals surface area contributed by atoms with Gasteiger partial charge in [0, 0.05) is 6.42 Å². The highest BCUT2D eigenvalue weighted by Crippen LogP contribution is 2.21. The van der Waals surface area contributed by atoms with E-state index in [1.54, 1.807) is 0 Å². The van der Waals surface area contributed by atoms with Gasteiger partial charge < -0.3 is 15.5 Å². The van der Waals surface area contributed by atoms with Crippen molar-refractivity contribution in [2.75, 3.05) is 6.61 Å². The van der Waals surface area contributed by atoms with Gasteiger partial charge in [0.1, 0.15) is 0 Å². The second-order valence-corrected chi connectivity index (χ2v) is 27.5. The van der Waals surface area contributed by atoms with Gasteiger partial charge in [-0.2, -0.15) is 0 Å². The van der Waals surface area contributed by atoms with Crippen LogP contribution in [-0.2, 0) is 4.79 Å². The molecule has 0 aliphatic carbocycles. The summed E-state index contributed by atoms with van der Waals surface area (Å²) in [7, 11) is 0. The molecule has 0 aromatic rings. The molecule has 0 rings (SSSR count). The third-order valence-corrected chi connectivity index (χ3v) is 19.1. The highest BCUT2D eigenvalue weighted by molar-refractivity contribution is 5.76. The fourth-order valence-corrected chi connectivity index (χ4v) is 13.2. The third-order valence-electron chi connectivity index (χ3n) is 19.1. The summed E-state index contributed by atoms with van der Waals surface area (Å²) in [5, 5.41) is 23.5. The Labute approximate surface area is 518 Å². The van der Waals surface area contributed by atoms with Crippen LogP contribution in [-0.4, -0.2) is 34.9 Å². The van der Waals surface area contributed by atoms with Crippen LogP contribution in [0.4, 0.5) is 0 Å². The maximum absolute atomic E-state index is 12.6. The molecule has 492 valence electrons. The number of amides is 1. The lowest BCUT2D eigenvalue weighted by Gasteiger charge is -2.22. The van der Waals surface area contributed by atoms with Crippen LogP contribution in [0.5, 0.6) is 0 Å². The van der Waals surface area contributed by atoms with Crippen molar-refractivity contribution in [1.29, 1.82) is 0 Å². The number of hydrogen-bond acceptors (Lipinski definition) is 3. The topological polar surface area (TPSA) is 69.6 Å². The van der Waals surface area contributed by atoms with E-state index >= 15 is 0 Å². The minimum Gasteiger partial charge on any atom is -0.394 e. The molecule has 0 heterocycles. The van der Waals surface area contributed by atoms with Crippen molar-refractivity contribution >= 4 is 5.91 Å². The summed E-state index contributed by atoms with van der Waals surface area (Å²) < 4.78 is 0. The fraction of sp³-hybridized carbons (Fsp3) is 0.987. The third kappa shape index (κ3) is 70.2. The molecular formula is C78H157NO3. The minimum atomic E-state index is -0.657. The average molecular weight is 1160 g/mol. The molecule has 2 unspecified atom stereocenters. The van der Waals surface area contributed by atoms with E-state index < -0.39 is 12.1 Å². The summed E-state index contributed by atoms with van der Waals surface area (Å²) in [6.07, 6.45) is 99.3. The van der Waals surface area contributed by atoms with Crippen LogP contribution in [0.3, 0.4) is 0 Å². The number of aliphatic hydroxyl groups excluding tert-OH is 2. The zero-order valence-electron chi connectivity index (χ0n) is 57.1. The number of aliphatic hydroxyl groups is 2. The molecule has 0 saturated heterocycles. The maximum atomic E-state index is 12.6. The first-order chi connectivity index (χ1) is 40.7. The van der Waals surface area contributed by atoms with Crippen molar-refractivity contribution in [2.45, 2.75) is 488 Å². The Balaban J connectivity index is 3.33. The average Bonchev–Trinajstić information content (AvgIpc) is 3.50. The number of carbonyl (C=O) groups is 1. The van der Waals surface area contributed by atoms with Crippen molar-refractivity contribution in [3.8, 4) is 0 Å². The smallest absolute Gasteiger partial charge is 0.220 e. The molecule has 0 saturated carbocycles. The van der Waals surface area contributed by atoms with Crippen molar-refractivity contribution in [2.24, 2.45) is 0 Å². The van der Waals surface area contributed by atoms with Crippen LogP contribution in [0.25, 0.3) is 0 Å². The lowest BCUT2D eigenvalue weighted by atomic mass is 10.0. The first-order valence-electron chi connectivity index (χ1n) is 39.2. The van der Waals surface area contributed by atoms with E-state index in [0.717, 1.165) is 25.7 Å². The molecule has 0 aliphatic rings. The number of hydrogen-bond donors (Lipinski definition) is 3. The van der Waals surface area contributed by atoms with Gasteiger partial charge in [0.15, 0.2) is 0 Å². The summed E-state index contributed by atoms with van der Waals surface area (Å²) in [5.41, 5.74) is 0. The molecule has 1 amide bonds. The fourth-order valence-electron chi connectivity index (χ4n) is 13.2. The largest absolute Gasteiger partial charge is 0.394 e. The van der Waals surface area contributed by atoms with Crippen LogP contribution in [0, 0.1) is 0 Å². The molecule has 2 atom stereocenters. The summed E-state index contributed by atoms with van der Waals surface area (Å²) in [6, 6.07) is -0.534. The molecule has 0 aliphatic heterocycles. The van der Waals surface area contributed by atoms with Gasteiger partial charge in [0.2, 0.25) is 5.91 Å². The number of rotatable bonds is 75. The Kier molecular flexibility index (Phi) is 74.1. The van der Waals surface area contributed by atoms with E-state index in [-0.39, 0.29) is 12.5 Å². The van der Waals surface area contributed by atoms with Crippen molar-refractivity contribution in [3.05, 3.63) is 0 Å². The highest BCUT2D eigenvalue weighted by Gasteiger charge is 2.20. The zero-order valence-corrected chi connectivity index (χ0v) is 57.1. The van der Waals surface area contributed by atoms with Gasteiger partial charge in [0.25, 0.3) is 0 Å². The van der Waals surface area contributed by atoms with E-state index in [4.69, 9.17) is 0 Å². The van der Waals surface area contributed by atoms with Crippen LogP contribution in [0.15, 0.2) is 0 Å². The summed E-state index contributed by atoms with van der Waals surface area (Å²) in [4.78, 5) is 12.6. The number of unbranched alkanes of at least 4 members (excludes halogenated alkanes) is 68. The maximum Gasteiger partial charge on any atom is 0.220 e. The quantitative estimate of drug-likeness (QED) is 0.0532. The summed E-state index contributed by atoms with van der Waals surface area (Å²) in [5.74, 6) is -0.0180. The molecule has 0 radical (unpaired) electrons. The minimum absolute atomic E-state index is 0.0180. The zero-order chi connectivity index (χ0) is 59.1. The molecule has 82 heavy (non-hydrogen) atoms. The van der Waals surface area contributed by atoms with E-state index in [1.807, 2.05) is 0 Å². The predicted molar refractivity (Wildman–Crippen MR) is 369 cm³/mol. The number of carbonyl (C=O) groups excluding carboxylic acids is 1. The van der Waals surface area contributed by atoms with Crippen LogP contribution < -0.4 is 5.32 Å². The monoisotopic (exact) mass is 1160 g/mol. The Morgan fingerprint density at radius 1 is 0.244 bits per heavy atom. The first kappa shape index (κ1) is 81.4. The SMILES string of the molecule is CCCCCCCCCCCCCCCCCCCCCCCCCCCCCCCCCCCCCCCC(=O)NC(CO)C(O)CCCCCCCCCCCCCCCCCCCCCCCCCCCCCCCCCCC. The molecule has 3 N–H and O–H groups in total. The molecule has 4 heteroatoms. The van der Waals surface area contributed by atoms with Gasteiger partial charge in [0.05, 0.1) is 18.8 Å². The Bertz CT molecular complexity index is 1130. The van der Waals surface area contributed by atoms with E-state index in [1.165, 1.54) is 424 Å². The van der Waals surface area contributed by atoms with Crippen LogP contribution in [0.1, 0.15) is 476 Å². The second kappa shape index (κ2) is 74.6. The standard InChI is InChI=1S/C78H157NO3/c1-3-5-7-9-11-13-15-17-19-21-23-25-27-29-31-33-35-37-38-39-40-42-44-46-48-50-52-54-56-58-60-62-64-66-68-70-72-74-78(82)79-76(75-80)77(81)73-71-69-67-65-63-61-59-57-55-53-51-49-47-45-43-41-36-34-32-30-28-26-24-22-20-18-16-14-12-10-8-6-4-2/h76-77,80-81H,3-75H2,1-2H3,(H,79,82). The normalized spacial score (nSPS) is 12.5. The molecule has 0 aromatic carbocycles. The van der Waals surface area contributed by atoms with Gasteiger partial charge in [-0.25, -0.2) is 0 Å². The van der Waals surface area contributed by atoms with Crippen molar-refractivity contribution < 1.29 is 15.0 Å². The van der Waals surface area contributed by atoms with Crippen LogP contribution >= 0.6 is 0 Å². The lowest BCUT2D eigenvalue weighted by molar-refractivity contribution is -0.123. The van der Waals surface area contributed by atoms with Gasteiger partial charge in [-0.3, -0.25) is 4.79 Å². The van der Waals surface area contributed by atoms with Crippen LogP contribution in [0.2, 0.25) is 0 Å². The Morgan fingerprint density at radius 3 is 0.549 bits per heavy atom. The molecule has 0 aromatic heterocycles. The van der Waals surface area contributed by atoms with Crippen molar-refractivity contribution in [1.82, 2.24) is 5.32 Å². The van der Waals surface area contributed by atoms with Gasteiger partial charge >= 0.3 is 0 Å². The lowest BCUT2D eigenvalue weighted by Crippen LogP contribution is -2.45. The van der Waals surface area contributed by atoms with Gasteiger partial charge in [-0.15, -0.1) is 0 Å². The highest BCUT2D eigenvalue weighted by atomic mass is 16.3. The molecule has 0 spiro atoms. The summed E-state index contributed by atoms with van der Waals surface area (Å²) in [6.45, 7) is 4.43. The first-order valence-corrected chi connectivity index (χ1v) is 39.2. The predicted octanol–water partition coefficient (Wildman–Crippen LogP) is 27.0. The molecule has 4 nitrogen and oxygen atoms in total. The Morgan fingerprint density at radius 2 is 0.390 bits per heavy atom. The number of nitrogens with one attached hydrogen (secondary N) is 1. The molecule has 0 bridgehead atoms. The van der Waals surface area contributed by atoms with Crippen molar-refractivity contribution in [3.63, 3.8) is 0 Å². The molecular weight excluding hydrogens is 999 g/mol. The van der Waals surface area contributed by atoms with E-state index in [2.05, 4.69) is 19.2 Å². The summed E-state index contributed by atoms with van der Waals surface area (Å²) >= 11 is 0. The van der Waals surface area contributed by atoms with E-state index in [0.29, 0.717) is 12.8 Å². The Hall–Kier alpha value is -0.610. The van der Waals surface area contributed by atoms with Gasteiger partial charge in [-0.05, 0) is 12.8 Å². The van der Waals surface area contributed by atoms with Gasteiger partial charge in [-0.1, -0.05) is 457 Å².